The molecule has 3 aromatic heterocycles. The number of imidazole rings is 1. The average molecular weight is 475 g/mol. The van der Waals surface area contributed by atoms with Gasteiger partial charge in [-0.2, -0.15) is 10.2 Å². The largest absolute Gasteiger partial charge is 0.280 e. The summed E-state index contributed by atoms with van der Waals surface area (Å²) < 4.78 is 31.2. The van der Waals surface area contributed by atoms with Gasteiger partial charge in [0.2, 0.25) is 0 Å². The van der Waals surface area contributed by atoms with Gasteiger partial charge >= 0.3 is 0 Å². The fourth-order valence-electron chi connectivity index (χ4n) is 3.45. The SMILES string of the molecule is Cn1cc(-c2cnc3ccc(-c4ccc(NS(=O)(=O)c5ccc([N+](=O)[O-])cc5)cc4)nn23)cn1. The second-order valence-corrected chi connectivity index (χ2v) is 9.15. The van der Waals surface area contributed by atoms with Gasteiger partial charge in [0.15, 0.2) is 5.65 Å². The summed E-state index contributed by atoms with van der Waals surface area (Å²) >= 11 is 0. The standard InChI is InChI=1S/C22H17N7O4S/c1-27-14-16(12-24-27)21-13-23-22-11-10-20(25-28(21)22)15-2-4-17(5-3-15)26-34(32,33)19-8-6-18(7-9-19)29(30)31/h2-14,26H,1H3. The minimum Gasteiger partial charge on any atom is -0.280 e. The van der Waals surface area contributed by atoms with Gasteiger partial charge in [0.1, 0.15) is 0 Å². The van der Waals surface area contributed by atoms with Gasteiger partial charge in [-0.25, -0.2) is 17.9 Å². The number of nitrogens with one attached hydrogen (secondary N) is 1. The Balaban J connectivity index is 1.40. The third-order valence-electron chi connectivity index (χ3n) is 5.15. The highest BCUT2D eigenvalue weighted by atomic mass is 32.2. The summed E-state index contributed by atoms with van der Waals surface area (Å²) in [5.74, 6) is 0. The number of non-ortho nitro benzene ring substituents is 1. The summed E-state index contributed by atoms with van der Waals surface area (Å²) in [5, 5.41) is 19.7. The van der Waals surface area contributed by atoms with E-state index in [2.05, 4.69) is 19.9 Å². The first kappa shape index (κ1) is 21.3. The van der Waals surface area contributed by atoms with E-state index < -0.39 is 14.9 Å². The van der Waals surface area contributed by atoms with Crippen LogP contribution in [0.15, 0.2) is 84.1 Å². The van der Waals surface area contributed by atoms with Crippen LogP contribution in [0, 0.1) is 10.1 Å². The monoisotopic (exact) mass is 475 g/mol. The summed E-state index contributed by atoms with van der Waals surface area (Å²) in [6, 6.07) is 15.1. The first-order valence-electron chi connectivity index (χ1n) is 10.0. The van der Waals surface area contributed by atoms with Crippen molar-refractivity contribution in [2.45, 2.75) is 4.90 Å². The van der Waals surface area contributed by atoms with Gasteiger partial charge in [0.05, 0.1) is 33.6 Å². The van der Waals surface area contributed by atoms with Crippen LogP contribution in [-0.2, 0) is 17.1 Å². The smallest absolute Gasteiger partial charge is 0.269 e. The predicted molar refractivity (Wildman–Crippen MR) is 125 cm³/mol. The minimum absolute atomic E-state index is 0.0719. The van der Waals surface area contributed by atoms with Crippen molar-refractivity contribution in [2.24, 2.45) is 7.05 Å². The molecule has 11 nitrogen and oxygen atoms in total. The number of fused-ring (bicyclic) bond motifs is 1. The van der Waals surface area contributed by atoms with E-state index in [1.807, 2.05) is 25.4 Å². The molecule has 170 valence electrons. The minimum atomic E-state index is -3.90. The van der Waals surface area contributed by atoms with Crippen molar-refractivity contribution < 1.29 is 13.3 Å². The third-order valence-corrected chi connectivity index (χ3v) is 6.55. The average Bonchev–Trinajstić information content (AvgIpc) is 3.44. The highest BCUT2D eigenvalue weighted by molar-refractivity contribution is 7.92. The van der Waals surface area contributed by atoms with Crippen LogP contribution in [0.1, 0.15) is 0 Å². The normalized spacial score (nSPS) is 11.6. The molecule has 3 heterocycles. The summed E-state index contributed by atoms with van der Waals surface area (Å²) in [4.78, 5) is 14.5. The third kappa shape index (κ3) is 3.97. The Kier molecular flexibility index (Phi) is 5.06. The molecule has 0 saturated carbocycles. The van der Waals surface area contributed by atoms with E-state index in [0.29, 0.717) is 17.0 Å². The number of anilines is 1. The Bertz CT molecular complexity index is 1620. The fourth-order valence-corrected chi connectivity index (χ4v) is 4.51. The van der Waals surface area contributed by atoms with Gasteiger partial charge in [-0.1, -0.05) is 12.1 Å². The van der Waals surface area contributed by atoms with Crippen molar-refractivity contribution in [3.8, 4) is 22.5 Å². The van der Waals surface area contributed by atoms with Gasteiger partial charge < -0.3 is 0 Å². The van der Waals surface area contributed by atoms with Crippen molar-refractivity contribution in [1.82, 2.24) is 24.4 Å². The number of rotatable bonds is 6. The molecule has 0 fully saturated rings. The lowest BCUT2D eigenvalue weighted by molar-refractivity contribution is -0.384. The topological polar surface area (TPSA) is 137 Å². The zero-order valence-electron chi connectivity index (χ0n) is 17.7. The van der Waals surface area contributed by atoms with Gasteiger partial charge in [-0.05, 0) is 36.4 Å². The van der Waals surface area contributed by atoms with E-state index in [1.165, 1.54) is 12.1 Å². The van der Waals surface area contributed by atoms with Crippen LogP contribution in [-0.4, -0.2) is 37.7 Å². The number of aromatic nitrogens is 5. The maximum atomic E-state index is 12.6. The molecule has 2 aromatic carbocycles. The predicted octanol–water partition coefficient (Wildman–Crippen LogP) is 3.51. The maximum absolute atomic E-state index is 12.6. The molecule has 0 aliphatic rings. The molecule has 0 radical (unpaired) electrons. The van der Waals surface area contributed by atoms with Crippen molar-refractivity contribution in [1.29, 1.82) is 0 Å². The molecule has 0 bridgehead atoms. The van der Waals surface area contributed by atoms with Crippen LogP contribution in [0.2, 0.25) is 0 Å². The highest BCUT2D eigenvalue weighted by Crippen LogP contribution is 2.25. The molecule has 34 heavy (non-hydrogen) atoms. The molecule has 12 heteroatoms. The van der Waals surface area contributed by atoms with Gasteiger partial charge in [-0.15, -0.1) is 0 Å². The number of hydrogen-bond acceptors (Lipinski definition) is 7. The Labute approximate surface area is 193 Å². The van der Waals surface area contributed by atoms with Crippen molar-refractivity contribution in [2.75, 3.05) is 4.72 Å². The highest BCUT2D eigenvalue weighted by Gasteiger charge is 2.16. The summed E-state index contributed by atoms with van der Waals surface area (Å²) in [7, 11) is -2.06. The number of hydrogen-bond donors (Lipinski definition) is 1. The van der Waals surface area contributed by atoms with Crippen molar-refractivity contribution >= 4 is 27.0 Å². The van der Waals surface area contributed by atoms with Crippen LogP contribution >= 0.6 is 0 Å². The number of sulfonamides is 1. The van der Waals surface area contributed by atoms with Crippen LogP contribution in [0.4, 0.5) is 11.4 Å². The van der Waals surface area contributed by atoms with Gasteiger partial charge in [0, 0.05) is 42.2 Å². The molecule has 5 rings (SSSR count). The van der Waals surface area contributed by atoms with Crippen LogP contribution in [0.25, 0.3) is 28.2 Å². The number of nitrogens with zero attached hydrogens (tertiary/aromatic N) is 6. The first-order chi connectivity index (χ1) is 16.3. The van der Waals surface area contributed by atoms with E-state index >= 15 is 0 Å². The molecule has 0 amide bonds. The molecule has 0 unspecified atom stereocenters. The Morgan fingerprint density at radius 3 is 2.32 bits per heavy atom. The zero-order valence-corrected chi connectivity index (χ0v) is 18.5. The molecule has 0 saturated heterocycles. The zero-order chi connectivity index (χ0) is 23.9. The lowest BCUT2D eigenvalue weighted by Crippen LogP contribution is -2.12. The summed E-state index contributed by atoms with van der Waals surface area (Å²) in [6.45, 7) is 0. The van der Waals surface area contributed by atoms with E-state index in [9.17, 15) is 18.5 Å². The lowest BCUT2D eigenvalue weighted by Gasteiger charge is -2.09. The molecule has 0 aliphatic heterocycles. The fraction of sp³-hybridized carbons (Fsp3) is 0.0455. The quantitative estimate of drug-likeness (QED) is 0.293. The molecule has 1 N–H and O–H groups in total. The van der Waals surface area contributed by atoms with E-state index in [0.717, 1.165) is 29.0 Å². The molecule has 5 aromatic rings. The van der Waals surface area contributed by atoms with E-state index in [-0.39, 0.29) is 10.6 Å². The summed E-state index contributed by atoms with van der Waals surface area (Å²) in [6.07, 6.45) is 5.35. The lowest BCUT2D eigenvalue weighted by atomic mass is 10.1. The summed E-state index contributed by atoms with van der Waals surface area (Å²) in [5.41, 5.74) is 4.01. The van der Waals surface area contributed by atoms with Gasteiger partial charge in [-0.3, -0.25) is 19.5 Å². The van der Waals surface area contributed by atoms with Crippen LogP contribution in [0.3, 0.4) is 0 Å². The second-order valence-electron chi connectivity index (χ2n) is 7.47. The Morgan fingerprint density at radius 1 is 0.941 bits per heavy atom. The first-order valence-corrected chi connectivity index (χ1v) is 11.5. The number of nitro groups is 1. The Hall–Kier alpha value is -4.58. The van der Waals surface area contributed by atoms with Gasteiger partial charge in [0.25, 0.3) is 15.7 Å². The van der Waals surface area contributed by atoms with Crippen molar-refractivity contribution in [3.63, 3.8) is 0 Å². The van der Waals surface area contributed by atoms with E-state index in [4.69, 9.17) is 0 Å². The molecule has 0 atom stereocenters. The number of nitro benzene ring substituents is 1. The number of benzene rings is 2. The van der Waals surface area contributed by atoms with Crippen LogP contribution in [0.5, 0.6) is 0 Å². The Morgan fingerprint density at radius 2 is 1.68 bits per heavy atom. The van der Waals surface area contributed by atoms with Crippen LogP contribution < -0.4 is 4.72 Å². The van der Waals surface area contributed by atoms with E-state index in [1.54, 1.807) is 45.9 Å². The molecule has 0 aliphatic carbocycles. The second kappa shape index (κ2) is 8.08. The maximum Gasteiger partial charge on any atom is 0.269 e. The molecule has 0 spiro atoms. The molecular weight excluding hydrogens is 458 g/mol. The number of aryl methyl sites for hydroxylation is 1. The van der Waals surface area contributed by atoms with Crippen molar-refractivity contribution in [3.05, 3.63) is 89.4 Å². The molecular formula is C22H17N7O4S.